The predicted octanol–water partition coefficient (Wildman–Crippen LogP) is 2.31. The van der Waals surface area contributed by atoms with E-state index in [1.54, 1.807) is 24.3 Å². The second-order valence-electron chi connectivity index (χ2n) is 4.71. The first-order valence-corrected chi connectivity index (χ1v) is 9.92. The van der Waals surface area contributed by atoms with Crippen LogP contribution in [0.5, 0.6) is 0 Å². The number of hydrogen-bond donors (Lipinski definition) is 1. The number of nitrogens with zero attached hydrogens (tertiary/aromatic N) is 2. The molecular formula is C14H12BrN3O4S2. The Balaban J connectivity index is 1.71. The molecule has 0 spiro atoms. The fourth-order valence-electron chi connectivity index (χ4n) is 1.96. The summed E-state index contributed by atoms with van der Waals surface area (Å²) in [7, 11) is -3.60. The minimum atomic E-state index is -3.60. The molecule has 0 bridgehead atoms. The van der Waals surface area contributed by atoms with E-state index in [1.807, 2.05) is 0 Å². The van der Waals surface area contributed by atoms with E-state index in [0.717, 1.165) is 15.1 Å². The van der Waals surface area contributed by atoms with Gasteiger partial charge in [-0.05, 0) is 46.3 Å². The third-order valence-electron chi connectivity index (χ3n) is 3.07. The molecule has 1 N–H and O–H groups in total. The van der Waals surface area contributed by atoms with Crippen molar-refractivity contribution < 1.29 is 12.8 Å². The molecule has 10 heteroatoms. The van der Waals surface area contributed by atoms with Crippen LogP contribution in [0.2, 0.25) is 0 Å². The molecule has 0 saturated carbocycles. The van der Waals surface area contributed by atoms with Gasteiger partial charge < -0.3 is 4.42 Å². The Morgan fingerprint density at radius 2 is 2.08 bits per heavy atom. The maximum atomic E-state index is 12.1. The van der Waals surface area contributed by atoms with Gasteiger partial charge in [0.2, 0.25) is 10.0 Å². The Morgan fingerprint density at radius 1 is 1.25 bits per heavy atom. The quantitative estimate of drug-likeness (QED) is 0.648. The van der Waals surface area contributed by atoms with Crippen molar-refractivity contribution in [1.29, 1.82) is 0 Å². The summed E-state index contributed by atoms with van der Waals surface area (Å²) in [5, 5.41) is 4.18. The van der Waals surface area contributed by atoms with Crippen LogP contribution in [-0.4, -0.2) is 24.7 Å². The van der Waals surface area contributed by atoms with E-state index >= 15 is 0 Å². The predicted molar refractivity (Wildman–Crippen MR) is 93.4 cm³/mol. The minimum absolute atomic E-state index is 0.0480. The summed E-state index contributed by atoms with van der Waals surface area (Å²) in [6.07, 6.45) is 1.51. The standard InChI is InChI=1S/C14H12BrN3O4S2/c15-12-4-6-14(23-12)24(20,21)16-7-8-18-13(19)5-3-10(17-18)11-2-1-9-22-11/h1-6,9,16H,7-8H2. The Kier molecular flexibility index (Phi) is 4.99. The van der Waals surface area contributed by atoms with Crippen LogP contribution in [0.4, 0.5) is 0 Å². The molecule has 24 heavy (non-hydrogen) atoms. The van der Waals surface area contributed by atoms with Gasteiger partial charge in [-0.2, -0.15) is 5.10 Å². The van der Waals surface area contributed by atoms with Crippen molar-refractivity contribution in [3.05, 3.63) is 56.8 Å². The summed E-state index contributed by atoms with van der Waals surface area (Å²) in [4.78, 5) is 11.9. The molecule has 0 fully saturated rings. The van der Waals surface area contributed by atoms with Crippen LogP contribution in [-0.2, 0) is 16.6 Å². The summed E-state index contributed by atoms with van der Waals surface area (Å²) in [5.74, 6) is 0.535. The zero-order valence-electron chi connectivity index (χ0n) is 12.2. The molecule has 0 saturated heterocycles. The average molecular weight is 430 g/mol. The normalized spacial score (nSPS) is 11.7. The topological polar surface area (TPSA) is 94.2 Å². The lowest BCUT2D eigenvalue weighted by atomic mass is 10.3. The summed E-state index contributed by atoms with van der Waals surface area (Å²) in [6.45, 7) is 0.158. The molecular weight excluding hydrogens is 418 g/mol. The molecule has 3 aromatic rings. The molecule has 0 aromatic carbocycles. The number of furan rings is 1. The van der Waals surface area contributed by atoms with E-state index in [9.17, 15) is 13.2 Å². The van der Waals surface area contributed by atoms with E-state index in [2.05, 4.69) is 25.8 Å². The van der Waals surface area contributed by atoms with Crippen molar-refractivity contribution in [2.45, 2.75) is 10.8 Å². The van der Waals surface area contributed by atoms with E-state index in [1.165, 1.54) is 23.1 Å². The highest BCUT2D eigenvalue weighted by molar-refractivity contribution is 9.11. The van der Waals surface area contributed by atoms with Crippen LogP contribution < -0.4 is 10.3 Å². The molecule has 0 aliphatic rings. The first-order chi connectivity index (χ1) is 11.5. The zero-order chi connectivity index (χ0) is 17.2. The molecule has 126 valence electrons. The van der Waals surface area contributed by atoms with Crippen LogP contribution >= 0.6 is 27.3 Å². The lowest BCUT2D eigenvalue weighted by Crippen LogP contribution is -2.31. The number of hydrogen-bond acceptors (Lipinski definition) is 6. The van der Waals surface area contributed by atoms with E-state index in [4.69, 9.17) is 4.42 Å². The highest BCUT2D eigenvalue weighted by atomic mass is 79.9. The Morgan fingerprint density at radius 3 is 2.75 bits per heavy atom. The highest BCUT2D eigenvalue weighted by Gasteiger charge is 2.16. The number of aromatic nitrogens is 2. The summed E-state index contributed by atoms with van der Waals surface area (Å²) >= 11 is 4.34. The third-order valence-corrected chi connectivity index (χ3v) is 6.65. The Bertz CT molecular complexity index is 993. The van der Waals surface area contributed by atoms with Crippen molar-refractivity contribution in [3.8, 4) is 11.5 Å². The molecule has 0 amide bonds. The first kappa shape index (κ1) is 17.1. The molecule has 0 atom stereocenters. The average Bonchev–Trinajstić information content (AvgIpc) is 3.20. The number of thiophene rings is 1. The van der Waals surface area contributed by atoms with Gasteiger partial charge in [-0.15, -0.1) is 11.3 Å². The first-order valence-electron chi connectivity index (χ1n) is 6.83. The monoisotopic (exact) mass is 429 g/mol. The van der Waals surface area contributed by atoms with Crippen molar-refractivity contribution in [2.24, 2.45) is 0 Å². The van der Waals surface area contributed by atoms with Gasteiger partial charge >= 0.3 is 0 Å². The summed E-state index contributed by atoms with van der Waals surface area (Å²) in [5.41, 5.74) is 0.188. The maximum Gasteiger partial charge on any atom is 0.266 e. The van der Waals surface area contributed by atoms with Crippen molar-refractivity contribution in [3.63, 3.8) is 0 Å². The lowest BCUT2D eigenvalue weighted by Gasteiger charge is -2.07. The highest BCUT2D eigenvalue weighted by Crippen LogP contribution is 2.25. The molecule has 3 heterocycles. The SMILES string of the molecule is O=c1ccc(-c2ccco2)nn1CCNS(=O)(=O)c1ccc(Br)s1. The zero-order valence-corrected chi connectivity index (χ0v) is 15.4. The lowest BCUT2D eigenvalue weighted by molar-refractivity contribution is 0.540. The van der Waals surface area contributed by atoms with Gasteiger partial charge in [0.15, 0.2) is 5.76 Å². The van der Waals surface area contributed by atoms with Crippen molar-refractivity contribution >= 4 is 37.3 Å². The Labute approximate surface area is 150 Å². The number of nitrogens with one attached hydrogen (secondary N) is 1. The minimum Gasteiger partial charge on any atom is -0.463 e. The molecule has 3 rings (SSSR count). The molecule has 0 unspecified atom stereocenters. The van der Waals surface area contributed by atoms with Crippen LogP contribution in [0, 0.1) is 0 Å². The fraction of sp³-hybridized carbons (Fsp3) is 0.143. The van der Waals surface area contributed by atoms with E-state index in [0.29, 0.717) is 11.5 Å². The van der Waals surface area contributed by atoms with Crippen molar-refractivity contribution in [1.82, 2.24) is 14.5 Å². The smallest absolute Gasteiger partial charge is 0.266 e. The van der Waals surface area contributed by atoms with Crippen LogP contribution in [0.25, 0.3) is 11.5 Å². The van der Waals surface area contributed by atoms with Gasteiger partial charge in [-0.1, -0.05) is 0 Å². The molecule has 0 aliphatic heterocycles. The maximum absolute atomic E-state index is 12.1. The van der Waals surface area contributed by atoms with E-state index < -0.39 is 10.0 Å². The number of sulfonamides is 1. The summed E-state index contributed by atoms with van der Waals surface area (Å²) in [6, 6.07) is 9.56. The van der Waals surface area contributed by atoms with Gasteiger partial charge in [0.25, 0.3) is 5.56 Å². The largest absolute Gasteiger partial charge is 0.463 e. The third kappa shape index (κ3) is 3.83. The van der Waals surface area contributed by atoms with Crippen LogP contribution in [0.1, 0.15) is 0 Å². The molecule has 0 aliphatic carbocycles. The van der Waals surface area contributed by atoms with Crippen LogP contribution in [0.3, 0.4) is 0 Å². The number of halogens is 1. The molecule has 0 radical (unpaired) electrons. The second-order valence-corrected chi connectivity index (χ2v) is 9.17. The molecule has 7 nitrogen and oxygen atoms in total. The van der Waals surface area contributed by atoms with E-state index in [-0.39, 0.29) is 22.9 Å². The van der Waals surface area contributed by atoms with Crippen LogP contribution in [0.15, 0.2) is 59.9 Å². The number of rotatable bonds is 6. The van der Waals surface area contributed by atoms with Crippen molar-refractivity contribution in [2.75, 3.05) is 6.54 Å². The van der Waals surface area contributed by atoms with Gasteiger partial charge in [-0.3, -0.25) is 4.79 Å². The Hall–Kier alpha value is -1.75. The molecule has 3 aromatic heterocycles. The van der Waals surface area contributed by atoms with Gasteiger partial charge in [0.05, 0.1) is 16.6 Å². The summed E-state index contributed by atoms with van der Waals surface area (Å²) < 4.78 is 34.1. The second kappa shape index (κ2) is 7.01. The van der Waals surface area contributed by atoms with Gasteiger partial charge in [0, 0.05) is 12.6 Å². The van der Waals surface area contributed by atoms with Gasteiger partial charge in [-0.25, -0.2) is 17.8 Å². The fourth-order valence-corrected chi connectivity index (χ4v) is 5.04. The van der Waals surface area contributed by atoms with Gasteiger partial charge in [0.1, 0.15) is 9.90 Å².